The summed E-state index contributed by atoms with van der Waals surface area (Å²) >= 11 is 6.68. The Balaban J connectivity index is 2.96. The highest BCUT2D eigenvalue weighted by atomic mass is 35.5. The van der Waals surface area contributed by atoms with E-state index in [0.29, 0.717) is 0 Å². The van der Waals surface area contributed by atoms with E-state index in [1.54, 1.807) is 6.92 Å². The van der Waals surface area contributed by atoms with Gasteiger partial charge in [-0.3, -0.25) is 14.9 Å². The lowest BCUT2D eigenvalue weighted by Crippen LogP contribution is -2.08. The first-order valence-electron chi connectivity index (χ1n) is 5.22. The third-order valence-corrected chi connectivity index (χ3v) is 3.65. The Morgan fingerprint density at radius 1 is 1.63 bits per heavy atom. The first-order valence-corrected chi connectivity index (χ1v) is 6.47. The molecule has 0 N–H and O–H groups in total. The number of ether oxygens (including phenoxy) is 1. The van der Waals surface area contributed by atoms with Crippen LogP contribution in [-0.4, -0.2) is 23.3 Å². The third kappa shape index (κ3) is 4.36. The van der Waals surface area contributed by atoms with E-state index in [1.807, 2.05) is 0 Å². The highest BCUT2D eigenvalue weighted by molar-refractivity contribution is 8.00. The summed E-state index contributed by atoms with van der Waals surface area (Å²) in [6, 6.07) is 1.96. The van der Waals surface area contributed by atoms with E-state index in [4.69, 9.17) is 11.6 Å². The maximum atomic E-state index is 13.2. The van der Waals surface area contributed by atoms with Crippen LogP contribution in [0.3, 0.4) is 0 Å². The molecular formula is C11H11ClFNO4S. The van der Waals surface area contributed by atoms with E-state index in [0.717, 1.165) is 17.8 Å². The van der Waals surface area contributed by atoms with Gasteiger partial charge in [-0.1, -0.05) is 18.5 Å². The molecule has 8 heteroatoms. The smallest absolute Gasteiger partial charge is 0.306 e. The molecule has 0 heterocycles. The quantitative estimate of drug-likeness (QED) is 0.361. The first-order chi connectivity index (χ1) is 8.85. The van der Waals surface area contributed by atoms with Crippen LogP contribution in [0.5, 0.6) is 0 Å². The van der Waals surface area contributed by atoms with Gasteiger partial charge in [0.05, 0.1) is 34.4 Å². The van der Waals surface area contributed by atoms with Crippen LogP contribution >= 0.6 is 23.4 Å². The van der Waals surface area contributed by atoms with Crippen molar-refractivity contribution in [2.75, 3.05) is 7.11 Å². The van der Waals surface area contributed by atoms with Crippen molar-refractivity contribution in [1.29, 1.82) is 0 Å². The molecule has 0 aliphatic rings. The second-order valence-corrected chi connectivity index (χ2v) is 5.59. The SMILES string of the molecule is COC(=O)CC(C)Sc1cc(Cl)c(F)cc1[N+](=O)[O-]. The van der Waals surface area contributed by atoms with Crippen molar-refractivity contribution < 1.29 is 18.8 Å². The molecule has 1 unspecified atom stereocenters. The molecule has 0 radical (unpaired) electrons. The minimum Gasteiger partial charge on any atom is -0.469 e. The van der Waals surface area contributed by atoms with Crippen LogP contribution in [0.1, 0.15) is 13.3 Å². The fourth-order valence-electron chi connectivity index (χ4n) is 1.33. The van der Waals surface area contributed by atoms with Gasteiger partial charge in [0.15, 0.2) is 0 Å². The molecule has 1 atom stereocenters. The van der Waals surface area contributed by atoms with Crippen LogP contribution in [0.2, 0.25) is 5.02 Å². The molecule has 1 aromatic rings. The zero-order chi connectivity index (χ0) is 14.6. The highest BCUT2D eigenvalue weighted by Crippen LogP contribution is 2.36. The number of methoxy groups -OCH3 is 1. The predicted molar refractivity (Wildman–Crippen MR) is 70.0 cm³/mol. The standard InChI is InChI=1S/C11H11ClFNO4S/c1-6(3-11(15)18-2)19-10-4-7(12)8(13)5-9(10)14(16)17/h4-6H,3H2,1-2H3. The molecule has 104 valence electrons. The normalized spacial score (nSPS) is 12.0. The van der Waals surface area contributed by atoms with Crippen LogP contribution in [-0.2, 0) is 9.53 Å². The zero-order valence-electron chi connectivity index (χ0n) is 10.2. The molecule has 0 saturated carbocycles. The number of nitro benzene ring substituents is 1. The minimum atomic E-state index is -0.849. The number of rotatable bonds is 5. The molecule has 0 bridgehead atoms. The lowest BCUT2D eigenvalue weighted by Gasteiger charge is -2.10. The molecule has 0 aliphatic heterocycles. The third-order valence-electron chi connectivity index (χ3n) is 2.21. The maximum absolute atomic E-state index is 13.2. The van der Waals surface area contributed by atoms with E-state index >= 15 is 0 Å². The largest absolute Gasteiger partial charge is 0.469 e. The van der Waals surface area contributed by atoms with Gasteiger partial charge in [0.2, 0.25) is 0 Å². The van der Waals surface area contributed by atoms with Crippen LogP contribution in [0, 0.1) is 15.9 Å². The number of benzene rings is 1. The lowest BCUT2D eigenvalue weighted by molar-refractivity contribution is -0.387. The Morgan fingerprint density at radius 3 is 2.79 bits per heavy atom. The molecule has 0 saturated heterocycles. The summed E-state index contributed by atoms with van der Waals surface area (Å²) in [5, 5.41) is 10.4. The number of carbonyl (C=O) groups excluding carboxylic acids is 1. The summed E-state index contributed by atoms with van der Waals surface area (Å²) < 4.78 is 17.7. The van der Waals surface area contributed by atoms with Gasteiger partial charge in [0.25, 0.3) is 5.69 Å². The van der Waals surface area contributed by atoms with Crippen molar-refractivity contribution in [2.45, 2.75) is 23.5 Å². The van der Waals surface area contributed by atoms with Crippen molar-refractivity contribution in [3.05, 3.63) is 33.1 Å². The molecule has 0 amide bonds. The van der Waals surface area contributed by atoms with Crippen LogP contribution in [0.4, 0.5) is 10.1 Å². The van der Waals surface area contributed by atoms with Crippen molar-refractivity contribution in [2.24, 2.45) is 0 Å². The topological polar surface area (TPSA) is 69.4 Å². The van der Waals surface area contributed by atoms with E-state index in [2.05, 4.69) is 4.74 Å². The summed E-state index contributed by atoms with van der Waals surface area (Å²) in [6.07, 6.45) is 0.0906. The Labute approximate surface area is 118 Å². The fourth-order valence-corrected chi connectivity index (χ4v) is 2.65. The van der Waals surface area contributed by atoms with Gasteiger partial charge in [-0.2, -0.15) is 0 Å². The van der Waals surface area contributed by atoms with E-state index in [1.165, 1.54) is 13.2 Å². The number of nitrogens with zero attached hydrogens (tertiary/aromatic N) is 1. The van der Waals surface area contributed by atoms with Gasteiger partial charge < -0.3 is 4.74 Å². The van der Waals surface area contributed by atoms with Gasteiger partial charge in [-0.25, -0.2) is 4.39 Å². The molecule has 0 spiro atoms. The summed E-state index contributed by atoms with van der Waals surface area (Å²) in [7, 11) is 1.26. The van der Waals surface area contributed by atoms with Crippen LogP contribution in [0.25, 0.3) is 0 Å². The number of hydrogen-bond acceptors (Lipinski definition) is 5. The summed E-state index contributed by atoms with van der Waals surface area (Å²) in [5.41, 5.74) is -0.372. The van der Waals surface area contributed by atoms with Crippen molar-refractivity contribution in [3.8, 4) is 0 Å². The summed E-state index contributed by atoms with van der Waals surface area (Å²) in [4.78, 5) is 21.5. The maximum Gasteiger partial charge on any atom is 0.306 e. The zero-order valence-corrected chi connectivity index (χ0v) is 11.8. The Morgan fingerprint density at radius 2 is 2.26 bits per heavy atom. The van der Waals surface area contributed by atoms with Gasteiger partial charge in [0.1, 0.15) is 5.82 Å². The second-order valence-electron chi connectivity index (χ2n) is 3.70. The summed E-state index contributed by atoms with van der Waals surface area (Å²) in [5.74, 6) is -1.27. The average Bonchev–Trinajstić information content (AvgIpc) is 2.32. The highest BCUT2D eigenvalue weighted by Gasteiger charge is 2.21. The first kappa shape index (κ1) is 15.7. The van der Waals surface area contributed by atoms with E-state index in [9.17, 15) is 19.3 Å². The molecule has 0 aliphatic carbocycles. The predicted octanol–water partition coefficient (Wildman–Crippen LogP) is 3.43. The monoisotopic (exact) mass is 307 g/mol. The van der Waals surface area contributed by atoms with Gasteiger partial charge in [-0.05, 0) is 6.07 Å². The molecule has 1 aromatic carbocycles. The van der Waals surface area contributed by atoms with Crippen LogP contribution in [0.15, 0.2) is 17.0 Å². The van der Waals surface area contributed by atoms with Crippen molar-refractivity contribution in [1.82, 2.24) is 0 Å². The fraction of sp³-hybridized carbons (Fsp3) is 0.364. The average molecular weight is 308 g/mol. The van der Waals surface area contributed by atoms with Crippen LogP contribution < -0.4 is 0 Å². The van der Waals surface area contributed by atoms with E-state index < -0.39 is 16.7 Å². The second kappa shape index (κ2) is 6.72. The number of nitro groups is 1. The molecule has 5 nitrogen and oxygen atoms in total. The van der Waals surface area contributed by atoms with Crippen molar-refractivity contribution >= 4 is 35.0 Å². The molecule has 1 rings (SSSR count). The Kier molecular flexibility index (Phi) is 5.56. The minimum absolute atomic E-state index is 0.0906. The van der Waals surface area contributed by atoms with Gasteiger partial charge in [-0.15, -0.1) is 11.8 Å². The molecule has 19 heavy (non-hydrogen) atoms. The molecule has 0 fully saturated rings. The van der Waals surface area contributed by atoms with Gasteiger partial charge in [0, 0.05) is 5.25 Å². The summed E-state index contributed by atoms with van der Waals surface area (Å²) in [6.45, 7) is 1.71. The van der Waals surface area contributed by atoms with Gasteiger partial charge >= 0.3 is 5.97 Å². The molecule has 0 aromatic heterocycles. The van der Waals surface area contributed by atoms with Crippen molar-refractivity contribution in [3.63, 3.8) is 0 Å². The number of carbonyl (C=O) groups is 1. The number of esters is 1. The Hall–Kier alpha value is -1.34. The Bertz CT molecular complexity index is 512. The lowest BCUT2D eigenvalue weighted by atomic mass is 10.3. The number of halogens is 2. The molecular weight excluding hydrogens is 297 g/mol. The number of hydrogen-bond donors (Lipinski definition) is 0. The van der Waals surface area contributed by atoms with E-state index in [-0.39, 0.29) is 27.3 Å². The number of thioether (sulfide) groups is 1.